The van der Waals surface area contributed by atoms with Gasteiger partial charge < -0.3 is 15.5 Å². The number of para-hydroxylation sites is 1. The molecular formula is C23H17Br2N3O2. The van der Waals surface area contributed by atoms with Crippen LogP contribution in [0.2, 0.25) is 0 Å². The van der Waals surface area contributed by atoms with Crippen LogP contribution in [0.4, 0.5) is 11.4 Å². The number of aryl methyl sites for hydroxylation is 1. The van der Waals surface area contributed by atoms with Gasteiger partial charge in [-0.3, -0.25) is 9.59 Å². The van der Waals surface area contributed by atoms with Gasteiger partial charge in [-0.1, -0.05) is 64.0 Å². The maximum Gasteiger partial charge on any atom is 0.278 e. The fourth-order valence-electron chi connectivity index (χ4n) is 4.06. The summed E-state index contributed by atoms with van der Waals surface area (Å²) >= 11 is 6.95. The predicted molar refractivity (Wildman–Crippen MR) is 123 cm³/mol. The number of amides is 2. The first-order valence-electron chi connectivity index (χ1n) is 9.46. The standard InChI is InChI=1S/C23H17Br2N3O2/c1-13-6-8-14(9-7-13)12-28-19-5-3-2-4-17(19)23(22(28)30)26-20-16(21(29)27-23)10-15(24)11-18(20)25/h2-11,26H,12H2,1H3,(H,27,29). The van der Waals surface area contributed by atoms with Crippen molar-refractivity contribution in [3.05, 3.63) is 91.9 Å². The molecule has 0 aromatic heterocycles. The van der Waals surface area contributed by atoms with Gasteiger partial charge in [-0.25, -0.2) is 0 Å². The summed E-state index contributed by atoms with van der Waals surface area (Å²) in [6, 6.07) is 19.3. The maximum atomic E-state index is 13.8. The molecule has 7 heteroatoms. The third-order valence-corrected chi connectivity index (χ3v) is 6.62. The molecule has 30 heavy (non-hydrogen) atoms. The van der Waals surface area contributed by atoms with Crippen LogP contribution >= 0.6 is 31.9 Å². The van der Waals surface area contributed by atoms with Crippen LogP contribution < -0.4 is 15.5 Å². The van der Waals surface area contributed by atoms with Gasteiger partial charge in [-0.15, -0.1) is 0 Å². The molecule has 2 aliphatic heterocycles. The van der Waals surface area contributed by atoms with E-state index in [1.807, 2.05) is 61.5 Å². The van der Waals surface area contributed by atoms with E-state index in [1.54, 1.807) is 11.0 Å². The highest BCUT2D eigenvalue weighted by molar-refractivity contribution is 9.11. The number of carbonyl (C=O) groups is 2. The van der Waals surface area contributed by atoms with Gasteiger partial charge in [0.1, 0.15) is 0 Å². The van der Waals surface area contributed by atoms with Crippen LogP contribution in [0.1, 0.15) is 27.0 Å². The van der Waals surface area contributed by atoms with E-state index in [9.17, 15) is 9.59 Å². The van der Waals surface area contributed by atoms with Gasteiger partial charge in [-0.2, -0.15) is 0 Å². The Kier molecular flexibility index (Phi) is 4.48. The van der Waals surface area contributed by atoms with E-state index in [-0.39, 0.29) is 11.8 Å². The normalized spacial score (nSPS) is 19.4. The van der Waals surface area contributed by atoms with Gasteiger partial charge in [0, 0.05) is 14.5 Å². The molecule has 0 fully saturated rings. The van der Waals surface area contributed by atoms with E-state index < -0.39 is 5.66 Å². The molecule has 2 heterocycles. The number of nitrogens with zero attached hydrogens (tertiary/aromatic N) is 1. The van der Waals surface area contributed by atoms with Crippen LogP contribution in [0.25, 0.3) is 0 Å². The lowest BCUT2D eigenvalue weighted by Crippen LogP contribution is -2.60. The second-order valence-electron chi connectivity index (χ2n) is 7.53. The molecule has 0 aliphatic carbocycles. The van der Waals surface area contributed by atoms with E-state index in [4.69, 9.17) is 0 Å². The number of hydrogen-bond donors (Lipinski definition) is 2. The Bertz CT molecular complexity index is 1210. The molecule has 5 rings (SSSR count). The highest BCUT2D eigenvalue weighted by Gasteiger charge is 2.54. The first-order valence-corrected chi connectivity index (χ1v) is 11.0. The molecule has 2 amide bonds. The molecule has 0 saturated carbocycles. The van der Waals surface area contributed by atoms with Crippen molar-refractivity contribution in [1.82, 2.24) is 5.32 Å². The molecule has 0 bridgehead atoms. The summed E-state index contributed by atoms with van der Waals surface area (Å²) in [5, 5.41) is 6.29. The van der Waals surface area contributed by atoms with Crippen molar-refractivity contribution in [2.45, 2.75) is 19.1 Å². The fraction of sp³-hybridized carbons (Fsp3) is 0.130. The molecular weight excluding hydrogens is 510 g/mol. The molecule has 5 nitrogen and oxygen atoms in total. The van der Waals surface area contributed by atoms with Crippen LogP contribution in [-0.2, 0) is 17.0 Å². The Labute approximate surface area is 190 Å². The maximum absolute atomic E-state index is 13.8. The van der Waals surface area contributed by atoms with Crippen molar-refractivity contribution >= 4 is 55.0 Å². The molecule has 150 valence electrons. The zero-order chi connectivity index (χ0) is 21.0. The second kappa shape index (κ2) is 6.96. The largest absolute Gasteiger partial charge is 0.350 e. The number of carbonyl (C=O) groups excluding carboxylic acids is 2. The van der Waals surface area contributed by atoms with E-state index in [0.29, 0.717) is 22.3 Å². The average molecular weight is 527 g/mol. The van der Waals surface area contributed by atoms with Crippen molar-refractivity contribution in [2.24, 2.45) is 0 Å². The zero-order valence-electron chi connectivity index (χ0n) is 16.0. The summed E-state index contributed by atoms with van der Waals surface area (Å²) in [4.78, 5) is 28.5. The second-order valence-corrected chi connectivity index (χ2v) is 9.30. The number of nitrogens with one attached hydrogen (secondary N) is 2. The summed E-state index contributed by atoms with van der Waals surface area (Å²) in [6.45, 7) is 2.45. The number of rotatable bonds is 2. The van der Waals surface area contributed by atoms with E-state index in [0.717, 1.165) is 26.9 Å². The SMILES string of the molecule is Cc1ccc(CN2C(=O)C3(NC(=O)c4cc(Br)cc(Br)c4N3)c3ccccc32)cc1. The number of fused-ring (bicyclic) bond motifs is 3. The lowest BCUT2D eigenvalue weighted by Gasteiger charge is -2.37. The van der Waals surface area contributed by atoms with Crippen molar-refractivity contribution in [1.29, 1.82) is 0 Å². The van der Waals surface area contributed by atoms with Crippen LogP contribution in [-0.4, -0.2) is 11.8 Å². The molecule has 1 atom stereocenters. The van der Waals surface area contributed by atoms with E-state index in [1.165, 1.54) is 0 Å². The van der Waals surface area contributed by atoms with E-state index >= 15 is 0 Å². The molecule has 1 spiro atoms. The minimum Gasteiger partial charge on any atom is -0.350 e. The van der Waals surface area contributed by atoms with Gasteiger partial charge in [0.2, 0.25) is 5.66 Å². The van der Waals surface area contributed by atoms with Gasteiger partial charge in [0.25, 0.3) is 11.8 Å². The minimum atomic E-state index is -1.35. The Morgan fingerprint density at radius 3 is 2.47 bits per heavy atom. The number of halogens is 2. The van der Waals surface area contributed by atoms with Crippen molar-refractivity contribution in [3.63, 3.8) is 0 Å². The lowest BCUT2D eigenvalue weighted by atomic mass is 9.95. The summed E-state index contributed by atoms with van der Waals surface area (Å²) in [5.41, 5.74) is 3.43. The number of benzene rings is 3. The Morgan fingerprint density at radius 2 is 1.70 bits per heavy atom. The quantitative estimate of drug-likeness (QED) is 0.489. The first-order chi connectivity index (χ1) is 14.4. The third kappa shape index (κ3) is 2.87. The van der Waals surface area contributed by atoms with Gasteiger partial charge in [-0.05, 0) is 46.6 Å². The van der Waals surface area contributed by atoms with Crippen LogP contribution in [0.3, 0.4) is 0 Å². The number of anilines is 2. The number of hydrogen-bond acceptors (Lipinski definition) is 3. The molecule has 2 aliphatic rings. The monoisotopic (exact) mass is 525 g/mol. The average Bonchev–Trinajstić information content (AvgIpc) is 2.93. The van der Waals surface area contributed by atoms with Gasteiger partial charge in [0.05, 0.1) is 23.5 Å². The zero-order valence-corrected chi connectivity index (χ0v) is 19.2. The Hall–Kier alpha value is -2.64. The first kappa shape index (κ1) is 19.3. The van der Waals surface area contributed by atoms with Crippen LogP contribution in [0.15, 0.2) is 69.6 Å². The highest BCUT2D eigenvalue weighted by Crippen LogP contribution is 2.46. The van der Waals surface area contributed by atoms with Crippen LogP contribution in [0.5, 0.6) is 0 Å². The molecule has 2 N–H and O–H groups in total. The molecule has 3 aromatic rings. The van der Waals surface area contributed by atoms with Gasteiger partial charge in [0.15, 0.2) is 0 Å². The molecule has 0 radical (unpaired) electrons. The highest BCUT2D eigenvalue weighted by atomic mass is 79.9. The predicted octanol–water partition coefficient (Wildman–Crippen LogP) is 5.08. The van der Waals surface area contributed by atoms with Crippen molar-refractivity contribution < 1.29 is 9.59 Å². The van der Waals surface area contributed by atoms with Crippen molar-refractivity contribution in [2.75, 3.05) is 10.2 Å². The summed E-state index contributed by atoms with van der Waals surface area (Å²) in [6.07, 6.45) is 0. The minimum absolute atomic E-state index is 0.210. The molecule has 1 unspecified atom stereocenters. The fourth-order valence-corrected chi connectivity index (χ4v) is 5.39. The van der Waals surface area contributed by atoms with Crippen LogP contribution in [0, 0.1) is 6.92 Å². The third-order valence-electron chi connectivity index (χ3n) is 5.54. The van der Waals surface area contributed by atoms with Gasteiger partial charge >= 0.3 is 0 Å². The topological polar surface area (TPSA) is 61.4 Å². The van der Waals surface area contributed by atoms with E-state index in [2.05, 4.69) is 42.5 Å². The smallest absolute Gasteiger partial charge is 0.278 e. The lowest BCUT2D eigenvalue weighted by molar-refractivity contribution is -0.123. The Morgan fingerprint density at radius 1 is 0.967 bits per heavy atom. The summed E-state index contributed by atoms with van der Waals surface area (Å²) < 4.78 is 1.49. The van der Waals surface area contributed by atoms with Crippen molar-refractivity contribution in [3.8, 4) is 0 Å². The molecule has 0 saturated heterocycles. The Balaban J connectivity index is 1.62. The molecule has 3 aromatic carbocycles. The summed E-state index contributed by atoms with van der Waals surface area (Å²) in [5.74, 6) is -0.510. The summed E-state index contributed by atoms with van der Waals surface area (Å²) in [7, 11) is 0.